The second-order valence-electron chi connectivity index (χ2n) is 7.03. The van der Waals surface area contributed by atoms with Gasteiger partial charge in [0.05, 0.1) is 0 Å². The highest BCUT2D eigenvalue weighted by molar-refractivity contribution is 7.99. The number of benzene rings is 2. The number of hydrogen-bond donors (Lipinski definition) is 1. The summed E-state index contributed by atoms with van der Waals surface area (Å²) in [5.41, 5.74) is 2.16. The second kappa shape index (κ2) is 11.9. The van der Waals surface area contributed by atoms with E-state index in [4.69, 9.17) is 11.6 Å². The highest BCUT2D eigenvalue weighted by Gasteiger charge is 2.25. The minimum absolute atomic E-state index is 0.0290. The lowest BCUT2D eigenvalue weighted by Crippen LogP contribution is -2.47. The molecule has 0 unspecified atom stereocenters. The van der Waals surface area contributed by atoms with Crippen molar-refractivity contribution in [2.75, 3.05) is 12.3 Å². The Morgan fingerprint density at radius 1 is 1.10 bits per heavy atom. The molecule has 156 valence electrons. The number of hydrogen-bond acceptors (Lipinski definition) is 3. The Labute approximate surface area is 183 Å². The van der Waals surface area contributed by atoms with E-state index >= 15 is 0 Å². The molecule has 1 atom stereocenters. The number of amides is 2. The van der Waals surface area contributed by atoms with Crippen molar-refractivity contribution in [1.29, 1.82) is 0 Å². The first-order chi connectivity index (χ1) is 13.9. The first kappa shape index (κ1) is 23.3. The van der Waals surface area contributed by atoms with Crippen LogP contribution in [0.4, 0.5) is 0 Å². The van der Waals surface area contributed by atoms with Gasteiger partial charge in [-0.15, -0.1) is 11.8 Å². The van der Waals surface area contributed by atoms with Crippen molar-refractivity contribution >= 4 is 35.2 Å². The summed E-state index contributed by atoms with van der Waals surface area (Å²) in [6, 6.07) is 15.1. The lowest BCUT2D eigenvalue weighted by atomic mass is 10.1. The van der Waals surface area contributed by atoms with Gasteiger partial charge in [0.25, 0.3) is 0 Å². The van der Waals surface area contributed by atoms with Gasteiger partial charge in [-0.25, -0.2) is 0 Å². The van der Waals surface area contributed by atoms with Crippen LogP contribution in [0.25, 0.3) is 0 Å². The van der Waals surface area contributed by atoms with Crippen molar-refractivity contribution in [3.63, 3.8) is 0 Å². The maximum absolute atomic E-state index is 13.0. The molecule has 2 aromatic rings. The summed E-state index contributed by atoms with van der Waals surface area (Å²) < 4.78 is 0. The number of nitrogens with one attached hydrogen (secondary N) is 1. The number of carbonyl (C=O) groups is 2. The van der Waals surface area contributed by atoms with Crippen LogP contribution in [-0.2, 0) is 16.1 Å². The van der Waals surface area contributed by atoms with Crippen LogP contribution in [0, 0.1) is 6.92 Å². The van der Waals surface area contributed by atoms with Crippen molar-refractivity contribution in [3.8, 4) is 0 Å². The Balaban J connectivity index is 2.03. The second-order valence-corrected chi connectivity index (χ2v) is 8.63. The fourth-order valence-corrected chi connectivity index (χ4v) is 3.77. The van der Waals surface area contributed by atoms with Crippen LogP contribution in [0.2, 0.25) is 5.02 Å². The maximum atomic E-state index is 13.0. The van der Waals surface area contributed by atoms with Crippen LogP contribution in [0.1, 0.15) is 37.8 Å². The quantitative estimate of drug-likeness (QED) is 0.533. The standard InChI is InChI=1S/C23H29ClN2O2S/c1-4-14-25-23(28)18(3)26(16-19-7-9-20(24)10-8-19)22(27)13-15-29-21-11-5-17(2)6-12-21/h5-12,18H,4,13-16H2,1-3H3,(H,25,28)/t18-/m0/s1. The maximum Gasteiger partial charge on any atom is 0.242 e. The number of carbonyl (C=O) groups excluding carboxylic acids is 2. The van der Waals surface area contributed by atoms with Gasteiger partial charge in [-0.2, -0.15) is 0 Å². The van der Waals surface area contributed by atoms with E-state index in [9.17, 15) is 9.59 Å². The monoisotopic (exact) mass is 432 g/mol. The molecule has 0 saturated heterocycles. The van der Waals surface area contributed by atoms with Gasteiger partial charge in [-0.05, 0) is 50.1 Å². The molecule has 0 aliphatic rings. The minimum atomic E-state index is -0.533. The van der Waals surface area contributed by atoms with Crippen molar-refractivity contribution < 1.29 is 9.59 Å². The predicted molar refractivity (Wildman–Crippen MR) is 121 cm³/mol. The summed E-state index contributed by atoms with van der Waals surface area (Å²) in [4.78, 5) is 28.3. The molecule has 2 amide bonds. The van der Waals surface area contributed by atoms with E-state index in [2.05, 4.69) is 36.5 Å². The van der Waals surface area contributed by atoms with Crippen LogP contribution >= 0.6 is 23.4 Å². The zero-order valence-electron chi connectivity index (χ0n) is 17.3. The Kier molecular flexibility index (Phi) is 9.55. The van der Waals surface area contributed by atoms with Crippen LogP contribution in [0.15, 0.2) is 53.4 Å². The van der Waals surface area contributed by atoms with Gasteiger partial charge < -0.3 is 10.2 Å². The summed E-state index contributed by atoms with van der Waals surface area (Å²) >= 11 is 7.62. The van der Waals surface area contributed by atoms with Gasteiger partial charge in [0, 0.05) is 35.2 Å². The molecule has 0 radical (unpaired) electrons. The third-order valence-electron chi connectivity index (χ3n) is 4.59. The topological polar surface area (TPSA) is 49.4 Å². The van der Waals surface area contributed by atoms with E-state index in [-0.39, 0.29) is 11.8 Å². The summed E-state index contributed by atoms with van der Waals surface area (Å²) in [5, 5.41) is 3.54. The summed E-state index contributed by atoms with van der Waals surface area (Å²) in [6.45, 7) is 6.83. The van der Waals surface area contributed by atoms with E-state index in [1.54, 1.807) is 35.7 Å². The van der Waals surface area contributed by atoms with E-state index in [0.29, 0.717) is 30.3 Å². The molecule has 0 fully saturated rings. The first-order valence-electron chi connectivity index (χ1n) is 9.91. The fraction of sp³-hybridized carbons (Fsp3) is 0.391. The molecule has 0 saturated carbocycles. The summed E-state index contributed by atoms with van der Waals surface area (Å²) in [5.74, 6) is 0.515. The Hall–Kier alpha value is -1.98. The molecule has 0 aliphatic heterocycles. The van der Waals surface area contributed by atoms with Gasteiger partial charge in [-0.1, -0.05) is 48.4 Å². The molecule has 6 heteroatoms. The summed E-state index contributed by atoms with van der Waals surface area (Å²) in [6.07, 6.45) is 1.23. The van der Waals surface area contributed by atoms with Gasteiger partial charge in [0.2, 0.25) is 11.8 Å². The Morgan fingerprint density at radius 3 is 2.38 bits per heavy atom. The number of thioether (sulfide) groups is 1. The van der Waals surface area contributed by atoms with Gasteiger partial charge in [0.1, 0.15) is 6.04 Å². The largest absolute Gasteiger partial charge is 0.354 e. The number of halogens is 1. The van der Waals surface area contributed by atoms with Gasteiger partial charge in [0.15, 0.2) is 0 Å². The molecule has 0 aliphatic carbocycles. The molecule has 0 aromatic heterocycles. The number of rotatable bonds is 10. The molecular weight excluding hydrogens is 404 g/mol. The van der Waals surface area contributed by atoms with Crippen LogP contribution in [-0.4, -0.2) is 35.1 Å². The number of nitrogens with zero attached hydrogens (tertiary/aromatic N) is 1. The molecular formula is C23H29ClN2O2S. The molecule has 2 aromatic carbocycles. The minimum Gasteiger partial charge on any atom is -0.354 e. The molecule has 1 N–H and O–H groups in total. The molecule has 29 heavy (non-hydrogen) atoms. The highest BCUT2D eigenvalue weighted by atomic mass is 35.5. The van der Waals surface area contributed by atoms with E-state index in [1.807, 2.05) is 19.1 Å². The predicted octanol–water partition coefficient (Wildman–Crippen LogP) is 5.07. The molecule has 0 bridgehead atoms. The zero-order chi connectivity index (χ0) is 21.2. The van der Waals surface area contributed by atoms with Crippen molar-refractivity contribution in [1.82, 2.24) is 10.2 Å². The van der Waals surface area contributed by atoms with E-state index in [0.717, 1.165) is 16.9 Å². The normalized spacial score (nSPS) is 11.7. The average molecular weight is 433 g/mol. The van der Waals surface area contributed by atoms with Crippen LogP contribution < -0.4 is 5.32 Å². The lowest BCUT2D eigenvalue weighted by molar-refractivity contribution is -0.140. The third kappa shape index (κ3) is 7.75. The Morgan fingerprint density at radius 2 is 1.76 bits per heavy atom. The third-order valence-corrected chi connectivity index (χ3v) is 5.85. The van der Waals surface area contributed by atoms with Crippen molar-refractivity contribution in [3.05, 3.63) is 64.7 Å². The number of aryl methyl sites for hydroxylation is 1. The zero-order valence-corrected chi connectivity index (χ0v) is 18.9. The van der Waals surface area contributed by atoms with Gasteiger partial charge >= 0.3 is 0 Å². The van der Waals surface area contributed by atoms with Crippen LogP contribution in [0.3, 0.4) is 0 Å². The highest BCUT2D eigenvalue weighted by Crippen LogP contribution is 2.20. The molecule has 0 spiro atoms. The lowest BCUT2D eigenvalue weighted by Gasteiger charge is -2.29. The van der Waals surface area contributed by atoms with Gasteiger partial charge in [-0.3, -0.25) is 9.59 Å². The molecule has 0 heterocycles. The van der Waals surface area contributed by atoms with Crippen molar-refractivity contribution in [2.45, 2.75) is 51.1 Å². The molecule has 4 nitrogen and oxygen atoms in total. The smallest absolute Gasteiger partial charge is 0.242 e. The van der Waals surface area contributed by atoms with Crippen molar-refractivity contribution in [2.24, 2.45) is 0 Å². The Bertz CT molecular complexity index is 794. The average Bonchev–Trinajstić information content (AvgIpc) is 2.72. The first-order valence-corrected chi connectivity index (χ1v) is 11.3. The van der Waals surface area contributed by atoms with Crippen LogP contribution in [0.5, 0.6) is 0 Å². The SMILES string of the molecule is CCCNC(=O)[C@H](C)N(Cc1ccc(Cl)cc1)C(=O)CCSc1ccc(C)cc1. The molecule has 2 rings (SSSR count). The van der Waals surface area contributed by atoms with E-state index < -0.39 is 6.04 Å². The summed E-state index contributed by atoms with van der Waals surface area (Å²) in [7, 11) is 0. The van der Waals surface area contributed by atoms with E-state index in [1.165, 1.54) is 5.56 Å². The fourth-order valence-electron chi connectivity index (χ4n) is 2.80.